The fourth-order valence-corrected chi connectivity index (χ4v) is 3.56. The predicted molar refractivity (Wildman–Crippen MR) is 118 cm³/mol. The van der Waals surface area contributed by atoms with Crippen molar-refractivity contribution in [3.63, 3.8) is 0 Å². The molecule has 1 aromatic heterocycles. The molecular weight excluding hydrogens is 385 g/mol. The van der Waals surface area contributed by atoms with E-state index in [0.29, 0.717) is 0 Å². The van der Waals surface area contributed by atoms with Crippen molar-refractivity contribution in [3.05, 3.63) is 63.3 Å². The summed E-state index contributed by atoms with van der Waals surface area (Å²) >= 11 is 1.68. The summed E-state index contributed by atoms with van der Waals surface area (Å²) in [4.78, 5) is 13.4. The second-order valence-corrected chi connectivity index (χ2v) is 9.33. The molecule has 5 nitrogen and oxygen atoms in total. The zero-order valence-corrected chi connectivity index (χ0v) is 18.5. The zero-order chi connectivity index (χ0) is 21.1. The molecule has 1 aliphatic rings. The molecule has 1 N–H and O–H groups in total. The molecule has 0 atom stereocenters. The number of alkyl carbamates (subject to hydrolysis) is 1. The number of aryl methyl sites for hydroxylation is 1. The topological polar surface area (TPSA) is 56.8 Å². The van der Waals surface area contributed by atoms with Gasteiger partial charge in [-0.05, 0) is 62.7 Å². The van der Waals surface area contributed by atoms with Gasteiger partial charge in [0.05, 0.1) is 11.2 Å². The highest BCUT2D eigenvalue weighted by Gasteiger charge is 2.52. The van der Waals surface area contributed by atoms with Gasteiger partial charge in [0.2, 0.25) is 0 Å². The molecule has 0 aliphatic carbocycles. The predicted octanol–water partition coefficient (Wildman–Crippen LogP) is 5.00. The molecule has 2 aromatic rings. The summed E-state index contributed by atoms with van der Waals surface area (Å²) in [7, 11) is -0.533. The molecule has 0 radical (unpaired) electrons. The Morgan fingerprint density at radius 2 is 1.83 bits per heavy atom. The summed E-state index contributed by atoms with van der Waals surface area (Å²) in [6.45, 7) is 10.6. The smallest absolute Gasteiger partial charge is 0.445 e. The van der Waals surface area contributed by atoms with Crippen LogP contribution in [0.3, 0.4) is 0 Å². The third kappa shape index (κ3) is 5.50. The number of hydrogen-bond donors (Lipinski definition) is 1. The van der Waals surface area contributed by atoms with Crippen LogP contribution in [-0.2, 0) is 20.7 Å². The Kier molecular flexibility index (Phi) is 6.51. The normalized spacial score (nSPS) is 18.0. The molecule has 154 valence electrons. The summed E-state index contributed by atoms with van der Waals surface area (Å²) in [6, 6.07) is 11.7. The Bertz CT molecular complexity index is 860. The average molecular weight is 413 g/mol. The minimum Gasteiger partial charge on any atom is -0.445 e. The lowest BCUT2D eigenvalue weighted by atomic mass is 9.77. The van der Waals surface area contributed by atoms with Gasteiger partial charge in [0, 0.05) is 11.4 Å². The lowest BCUT2D eigenvalue weighted by Crippen LogP contribution is -2.41. The van der Waals surface area contributed by atoms with Gasteiger partial charge in [-0.3, -0.25) is 0 Å². The molecule has 1 saturated heterocycles. The van der Waals surface area contributed by atoms with Crippen LogP contribution in [0.25, 0.3) is 6.08 Å². The maximum absolute atomic E-state index is 12.2. The van der Waals surface area contributed by atoms with Gasteiger partial charge in [-0.1, -0.05) is 36.4 Å². The second kappa shape index (κ2) is 8.73. The van der Waals surface area contributed by atoms with Crippen molar-refractivity contribution in [1.29, 1.82) is 0 Å². The summed E-state index contributed by atoms with van der Waals surface area (Å²) in [5.41, 5.74) is 1.96. The Balaban J connectivity index is 1.67. The van der Waals surface area contributed by atoms with Crippen molar-refractivity contribution in [2.45, 2.75) is 52.4 Å². The molecule has 29 heavy (non-hydrogen) atoms. The maximum Gasteiger partial charge on any atom is 0.492 e. The van der Waals surface area contributed by atoms with Gasteiger partial charge in [0.15, 0.2) is 0 Å². The third-order valence-electron chi connectivity index (χ3n) is 5.31. The Morgan fingerprint density at radius 3 is 2.41 bits per heavy atom. The number of rotatable bonds is 6. The van der Waals surface area contributed by atoms with Crippen LogP contribution in [0.15, 0.2) is 47.3 Å². The highest BCUT2D eigenvalue weighted by Crippen LogP contribution is 2.38. The van der Waals surface area contributed by atoms with Crippen molar-refractivity contribution < 1.29 is 18.8 Å². The van der Waals surface area contributed by atoms with Crippen LogP contribution in [0.5, 0.6) is 0 Å². The van der Waals surface area contributed by atoms with Crippen LogP contribution in [0.1, 0.15) is 43.7 Å². The van der Waals surface area contributed by atoms with E-state index < -0.39 is 24.4 Å². The van der Waals surface area contributed by atoms with Crippen LogP contribution in [0.2, 0.25) is 0 Å². The quantitative estimate of drug-likeness (QED) is 0.678. The van der Waals surface area contributed by atoms with Gasteiger partial charge in [0.25, 0.3) is 0 Å². The van der Waals surface area contributed by atoms with Gasteiger partial charge in [-0.25, -0.2) is 4.79 Å². The largest absolute Gasteiger partial charge is 0.492 e. The fraction of sp³-hybridized carbons (Fsp3) is 0.409. The molecule has 0 spiro atoms. The third-order valence-corrected chi connectivity index (χ3v) is 6.19. The Morgan fingerprint density at radius 1 is 1.17 bits per heavy atom. The molecule has 1 fully saturated rings. The number of thiophene rings is 1. The van der Waals surface area contributed by atoms with E-state index in [-0.39, 0.29) is 13.2 Å². The van der Waals surface area contributed by atoms with Crippen LogP contribution in [0.4, 0.5) is 4.79 Å². The summed E-state index contributed by atoms with van der Waals surface area (Å²) in [6.07, 6.45) is 1.54. The number of amides is 1. The van der Waals surface area contributed by atoms with Gasteiger partial charge >= 0.3 is 13.2 Å². The minimum absolute atomic E-state index is 0.228. The molecule has 0 unspecified atom stereocenters. The van der Waals surface area contributed by atoms with E-state index in [1.165, 1.54) is 4.88 Å². The van der Waals surface area contributed by atoms with E-state index in [2.05, 4.69) is 23.7 Å². The van der Waals surface area contributed by atoms with Crippen molar-refractivity contribution >= 4 is 30.6 Å². The number of carbonyl (C=O) groups excluding carboxylic acids is 1. The van der Waals surface area contributed by atoms with Crippen LogP contribution < -0.4 is 5.32 Å². The summed E-state index contributed by atoms with van der Waals surface area (Å²) < 4.78 is 17.7. The highest BCUT2D eigenvalue weighted by atomic mass is 32.1. The highest BCUT2D eigenvalue weighted by molar-refractivity contribution is 7.10. The molecule has 0 bridgehead atoms. The summed E-state index contributed by atoms with van der Waals surface area (Å²) in [5.74, 6) is 0. The van der Waals surface area contributed by atoms with E-state index in [4.69, 9.17) is 14.0 Å². The minimum atomic E-state index is -0.533. The van der Waals surface area contributed by atoms with E-state index in [0.717, 1.165) is 16.6 Å². The Labute approximate surface area is 177 Å². The van der Waals surface area contributed by atoms with Gasteiger partial charge in [0.1, 0.15) is 6.61 Å². The standard InChI is InChI=1S/C22H28BNO4S/c1-16-11-18(15-29-16)12-19(23-27-21(2,3)22(4,5)28-23)13-24-20(25)26-14-17-9-7-6-8-10-17/h6-12,15H,13-14H2,1-5H3,(H,24,25). The monoisotopic (exact) mass is 413 g/mol. The summed E-state index contributed by atoms with van der Waals surface area (Å²) in [5, 5.41) is 4.90. The SMILES string of the molecule is Cc1cc(C=C(CNC(=O)OCc2ccccc2)B2OC(C)(C)C(C)(C)O2)cs1. The van der Waals surface area contributed by atoms with E-state index >= 15 is 0 Å². The first kappa shape index (κ1) is 21.6. The van der Waals surface area contributed by atoms with E-state index in [1.54, 1.807) is 11.3 Å². The number of ether oxygens (including phenoxy) is 1. The van der Waals surface area contributed by atoms with Gasteiger partial charge in [-0.15, -0.1) is 11.3 Å². The zero-order valence-electron chi connectivity index (χ0n) is 17.7. The molecule has 0 saturated carbocycles. The molecule has 3 rings (SSSR count). The molecule has 7 heteroatoms. The first-order valence-corrected chi connectivity index (χ1v) is 10.6. The van der Waals surface area contributed by atoms with Crippen molar-refractivity contribution in [1.82, 2.24) is 5.32 Å². The van der Waals surface area contributed by atoms with Gasteiger partial charge in [-0.2, -0.15) is 0 Å². The number of carbonyl (C=O) groups is 1. The first-order chi connectivity index (χ1) is 13.7. The molecular formula is C22H28BNO4S. The molecule has 1 aromatic carbocycles. The number of benzene rings is 1. The van der Waals surface area contributed by atoms with Crippen molar-refractivity contribution in [2.24, 2.45) is 0 Å². The fourth-order valence-electron chi connectivity index (χ4n) is 2.90. The van der Waals surface area contributed by atoms with Crippen molar-refractivity contribution in [2.75, 3.05) is 6.54 Å². The number of hydrogen-bond acceptors (Lipinski definition) is 5. The van der Waals surface area contributed by atoms with Crippen molar-refractivity contribution in [3.8, 4) is 0 Å². The lowest BCUT2D eigenvalue weighted by Gasteiger charge is -2.32. The molecule has 1 aliphatic heterocycles. The molecule has 1 amide bonds. The van der Waals surface area contributed by atoms with Crippen LogP contribution >= 0.6 is 11.3 Å². The number of nitrogens with one attached hydrogen (secondary N) is 1. The van der Waals surface area contributed by atoms with E-state index in [9.17, 15) is 4.79 Å². The average Bonchev–Trinajstić information content (AvgIpc) is 3.17. The van der Waals surface area contributed by atoms with E-state index in [1.807, 2.05) is 64.1 Å². The van der Waals surface area contributed by atoms with Crippen LogP contribution in [-0.4, -0.2) is 31.0 Å². The lowest BCUT2D eigenvalue weighted by molar-refractivity contribution is 0.00578. The maximum atomic E-state index is 12.2. The van der Waals surface area contributed by atoms with Gasteiger partial charge < -0.3 is 19.4 Å². The first-order valence-electron chi connectivity index (χ1n) is 9.72. The molecule has 2 heterocycles. The Hall–Kier alpha value is -2.09. The second-order valence-electron chi connectivity index (χ2n) is 8.21. The van der Waals surface area contributed by atoms with Crippen LogP contribution in [0, 0.1) is 6.92 Å².